The van der Waals surface area contributed by atoms with Gasteiger partial charge in [0.05, 0.1) is 4.34 Å². The first-order valence-electron chi connectivity index (χ1n) is 8.76. The largest absolute Gasteiger partial charge is 0.310 e. The van der Waals surface area contributed by atoms with Gasteiger partial charge in [0.1, 0.15) is 0 Å². The van der Waals surface area contributed by atoms with Crippen molar-refractivity contribution in [1.82, 2.24) is 5.32 Å². The molecule has 0 amide bonds. The third kappa shape index (κ3) is 8.85. The fourth-order valence-electron chi connectivity index (χ4n) is 2.77. The molecule has 1 aromatic heterocycles. The lowest BCUT2D eigenvalue weighted by Gasteiger charge is -2.16. The second-order valence-electron chi connectivity index (χ2n) is 5.87. The number of hydrogen-bond donors (Lipinski definition) is 1. The Kier molecular flexibility index (Phi) is 11.3. The van der Waals surface area contributed by atoms with Crippen LogP contribution in [0.15, 0.2) is 12.1 Å². The predicted octanol–water partition coefficient (Wildman–Crippen LogP) is 6.97. The molecule has 1 aromatic rings. The number of hydrogen-bond acceptors (Lipinski definition) is 2. The minimum atomic E-state index is 0.497. The summed E-state index contributed by atoms with van der Waals surface area (Å²) in [6, 6.07) is 4.69. The molecular weight excluding hydrogens is 298 g/mol. The molecule has 1 rings (SSSR count). The van der Waals surface area contributed by atoms with Gasteiger partial charge in [-0.1, -0.05) is 83.2 Å². The van der Waals surface area contributed by atoms with Gasteiger partial charge in [-0.05, 0) is 25.1 Å². The van der Waals surface area contributed by atoms with Crippen LogP contribution in [-0.2, 0) is 0 Å². The second kappa shape index (κ2) is 12.5. The maximum Gasteiger partial charge on any atom is 0.0931 e. The summed E-state index contributed by atoms with van der Waals surface area (Å²) in [5.74, 6) is 0. The standard InChI is InChI=1S/C18H32ClNS/c1-3-5-6-7-8-9-10-11-12-13-16(20-4-2)17-14-15-18(19)21-17/h14-16,20H,3-13H2,1-2H3. The second-order valence-corrected chi connectivity index (χ2v) is 7.62. The minimum Gasteiger partial charge on any atom is -0.310 e. The van der Waals surface area contributed by atoms with Crippen LogP contribution in [-0.4, -0.2) is 6.54 Å². The van der Waals surface area contributed by atoms with E-state index in [4.69, 9.17) is 11.6 Å². The van der Waals surface area contributed by atoms with Gasteiger partial charge in [-0.2, -0.15) is 0 Å². The van der Waals surface area contributed by atoms with Crippen LogP contribution < -0.4 is 5.32 Å². The van der Waals surface area contributed by atoms with Crippen LogP contribution in [0.5, 0.6) is 0 Å². The molecule has 0 aliphatic rings. The highest BCUT2D eigenvalue weighted by atomic mass is 35.5. The summed E-state index contributed by atoms with van der Waals surface area (Å²) in [7, 11) is 0. The van der Waals surface area contributed by atoms with Gasteiger partial charge in [-0.25, -0.2) is 0 Å². The smallest absolute Gasteiger partial charge is 0.0931 e. The van der Waals surface area contributed by atoms with E-state index in [1.807, 2.05) is 6.07 Å². The van der Waals surface area contributed by atoms with Crippen LogP contribution in [0.1, 0.15) is 89.0 Å². The highest BCUT2D eigenvalue weighted by Gasteiger charge is 2.11. The molecule has 1 atom stereocenters. The van der Waals surface area contributed by atoms with Crippen molar-refractivity contribution in [2.24, 2.45) is 0 Å². The highest BCUT2D eigenvalue weighted by molar-refractivity contribution is 7.16. The Hall–Kier alpha value is -0.0500. The molecule has 0 aliphatic carbocycles. The molecule has 1 nitrogen and oxygen atoms in total. The van der Waals surface area contributed by atoms with Crippen LogP contribution in [0.4, 0.5) is 0 Å². The molecule has 0 fully saturated rings. The fourth-order valence-corrected chi connectivity index (χ4v) is 3.94. The maximum absolute atomic E-state index is 6.05. The molecule has 0 saturated carbocycles. The van der Waals surface area contributed by atoms with Crippen molar-refractivity contribution in [1.29, 1.82) is 0 Å². The fraction of sp³-hybridized carbons (Fsp3) is 0.778. The summed E-state index contributed by atoms with van der Waals surface area (Å²) >= 11 is 7.77. The Morgan fingerprint density at radius 1 is 0.952 bits per heavy atom. The Morgan fingerprint density at radius 2 is 1.57 bits per heavy atom. The van der Waals surface area contributed by atoms with Gasteiger partial charge in [-0.3, -0.25) is 0 Å². The summed E-state index contributed by atoms with van der Waals surface area (Å²) in [5, 5.41) is 3.59. The zero-order valence-electron chi connectivity index (χ0n) is 13.8. The van der Waals surface area contributed by atoms with E-state index in [9.17, 15) is 0 Å². The van der Waals surface area contributed by atoms with E-state index in [1.165, 1.54) is 69.1 Å². The quantitative estimate of drug-likeness (QED) is 0.385. The van der Waals surface area contributed by atoms with Crippen molar-refractivity contribution >= 4 is 22.9 Å². The zero-order valence-corrected chi connectivity index (χ0v) is 15.4. The number of rotatable bonds is 13. The maximum atomic E-state index is 6.05. The van der Waals surface area contributed by atoms with Gasteiger partial charge in [0.15, 0.2) is 0 Å². The molecule has 0 radical (unpaired) electrons. The summed E-state index contributed by atoms with van der Waals surface area (Å²) in [6.07, 6.45) is 13.8. The van der Waals surface area contributed by atoms with Crippen molar-refractivity contribution in [3.05, 3.63) is 21.3 Å². The van der Waals surface area contributed by atoms with Crippen molar-refractivity contribution in [2.75, 3.05) is 6.54 Å². The average Bonchev–Trinajstić information content (AvgIpc) is 2.91. The topological polar surface area (TPSA) is 12.0 Å². The summed E-state index contributed by atoms with van der Waals surface area (Å²) < 4.78 is 0.903. The van der Waals surface area contributed by atoms with E-state index in [1.54, 1.807) is 11.3 Å². The number of halogens is 1. The van der Waals surface area contributed by atoms with Crippen LogP contribution in [0.2, 0.25) is 4.34 Å². The van der Waals surface area contributed by atoms with Crippen molar-refractivity contribution in [2.45, 2.75) is 84.1 Å². The number of unbranched alkanes of at least 4 members (excludes halogenated alkanes) is 8. The normalized spacial score (nSPS) is 12.7. The average molecular weight is 330 g/mol. The van der Waals surface area contributed by atoms with Crippen LogP contribution in [0, 0.1) is 0 Å². The lowest BCUT2D eigenvalue weighted by atomic mass is 10.0. The van der Waals surface area contributed by atoms with E-state index >= 15 is 0 Å². The molecule has 0 saturated heterocycles. The zero-order chi connectivity index (χ0) is 15.3. The van der Waals surface area contributed by atoms with Crippen LogP contribution in [0.25, 0.3) is 0 Å². The summed E-state index contributed by atoms with van der Waals surface area (Å²) in [4.78, 5) is 1.39. The van der Waals surface area contributed by atoms with E-state index in [0.717, 1.165) is 10.9 Å². The van der Waals surface area contributed by atoms with Gasteiger partial charge in [-0.15, -0.1) is 11.3 Å². The number of thiophene rings is 1. The first-order chi connectivity index (χ1) is 10.3. The number of nitrogens with one attached hydrogen (secondary N) is 1. The van der Waals surface area contributed by atoms with Gasteiger partial charge in [0.25, 0.3) is 0 Å². The molecule has 0 aliphatic heterocycles. The first-order valence-corrected chi connectivity index (χ1v) is 9.96. The molecular formula is C18H32ClNS. The van der Waals surface area contributed by atoms with Crippen LogP contribution >= 0.6 is 22.9 Å². The van der Waals surface area contributed by atoms with E-state index in [-0.39, 0.29) is 0 Å². The summed E-state index contributed by atoms with van der Waals surface area (Å²) in [5.41, 5.74) is 0. The molecule has 0 bridgehead atoms. The Labute approximate surface area is 140 Å². The molecule has 1 heterocycles. The molecule has 3 heteroatoms. The molecule has 1 unspecified atom stereocenters. The van der Waals surface area contributed by atoms with E-state index in [0.29, 0.717) is 6.04 Å². The SMILES string of the molecule is CCCCCCCCCCCC(NCC)c1ccc(Cl)s1. The van der Waals surface area contributed by atoms with Crippen molar-refractivity contribution in [3.63, 3.8) is 0 Å². The van der Waals surface area contributed by atoms with E-state index in [2.05, 4.69) is 25.2 Å². The van der Waals surface area contributed by atoms with Gasteiger partial charge >= 0.3 is 0 Å². The van der Waals surface area contributed by atoms with Crippen molar-refractivity contribution in [3.8, 4) is 0 Å². The van der Waals surface area contributed by atoms with Crippen LogP contribution in [0.3, 0.4) is 0 Å². The monoisotopic (exact) mass is 329 g/mol. The highest BCUT2D eigenvalue weighted by Crippen LogP contribution is 2.30. The molecule has 21 heavy (non-hydrogen) atoms. The molecule has 0 aromatic carbocycles. The van der Waals surface area contributed by atoms with Gasteiger partial charge in [0.2, 0.25) is 0 Å². The Morgan fingerprint density at radius 3 is 2.10 bits per heavy atom. The first kappa shape index (κ1) is 19.0. The van der Waals surface area contributed by atoms with Gasteiger partial charge in [0, 0.05) is 10.9 Å². The summed E-state index contributed by atoms with van der Waals surface area (Å²) in [6.45, 7) is 5.48. The minimum absolute atomic E-state index is 0.497. The molecule has 1 N–H and O–H groups in total. The lowest BCUT2D eigenvalue weighted by molar-refractivity contribution is 0.479. The van der Waals surface area contributed by atoms with E-state index < -0.39 is 0 Å². The van der Waals surface area contributed by atoms with Crippen molar-refractivity contribution < 1.29 is 0 Å². The predicted molar refractivity (Wildman–Crippen MR) is 97.6 cm³/mol. The van der Waals surface area contributed by atoms with Gasteiger partial charge < -0.3 is 5.32 Å². The molecule has 0 spiro atoms. The third-order valence-electron chi connectivity index (χ3n) is 3.98. The Bertz CT molecular complexity index is 351. The molecule has 122 valence electrons. The Balaban J connectivity index is 2.08. The lowest BCUT2D eigenvalue weighted by Crippen LogP contribution is -2.19. The third-order valence-corrected chi connectivity index (χ3v) is 5.33.